The molecule has 1 aliphatic rings. The van der Waals surface area contributed by atoms with Crippen LogP contribution in [0.5, 0.6) is 0 Å². The lowest BCUT2D eigenvalue weighted by Gasteiger charge is -2.31. The van der Waals surface area contributed by atoms with Gasteiger partial charge in [0.05, 0.1) is 11.5 Å². The number of halogens is 2. The third kappa shape index (κ3) is 4.13. The molecule has 0 atom stereocenters. The van der Waals surface area contributed by atoms with E-state index in [2.05, 4.69) is 0 Å². The van der Waals surface area contributed by atoms with Gasteiger partial charge in [-0.15, -0.1) is 0 Å². The largest absolute Gasteiger partial charge is 0.457 e. The van der Waals surface area contributed by atoms with Gasteiger partial charge < -0.3 is 14.1 Å². The number of furan rings is 1. The number of para-hydroxylation sites is 1. The number of likely N-dealkylation sites (tertiary alicyclic amines) is 1. The molecule has 0 aliphatic carbocycles. The van der Waals surface area contributed by atoms with Gasteiger partial charge in [-0.2, -0.15) is 0 Å². The van der Waals surface area contributed by atoms with Crippen molar-refractivity contribution in [2.75, 3.05) is 13.1 Å². The van der Waals surface area contributed by atoms with Crippen LogP contribution >= 0.6 is 0 Å². The predicted molar refractivity (Wildman–Crippen MR) is 101 cm³/mol. The first-order valence-electron chi connectivity index (χ1n) is 9.39. The van der Waals surface area contributed by atoms with Crippen LogP contribution in [-0.2, 0) is 16.1 Å². The summed E-state index contributed by atoms with van der Waals surface area (Å²) in [5.74, 6) is -2.23. The molecule has 1 fully saturated rings. The molecule has 2 aromatic carbocycles. The van der Waals surface area contributed by atoms with Gasteiger partial charge in [0, 0.05) is 24.5 Å². The number of ether oxygens (including phenoxy) is 1. The molecule has 1 aliphatic heterocycles. The Bertz CT molecular complexity index is 1020. The summed E-state index contributed by atoms with van der Waals surface area (Å²) in [4.78, 5) is 26.3. The molecule has 4 rings (SSSR count). The van der Waals surface area contributed by atoms with Crippen molar-refractivity contribution in [2.45, 2.75) is 19.4 Å². The number of carbonyl (C=O) groups excluding carboxylic acids is 2. The third-order valence-corrected chi connectivity index (χ3v) is 5.11. The lowest BCUT2D eigenvalue weighted by atomic mass is 9.96. The number of hydrogen-bond donors (Lipinski definition) is 0. The SMILES string of the molecule is O=C(OCc1cc2ccccc2o1)C1CCN(C(=O)c2ccc(F)cc2F)CC1. The summed E-state index contributed by atoms with van der Waals surface area (Å²) in [5, 5.41) is 0.943. The molecule has 1 saturated heterocycles. The van der Waals surface area contributed by atoms with E-state index >= 15 is 0 Å². The van der Waals surface area contributed by atoms with E-state index in [9.17, 15) is 18.4 Å². The minimum absolute atomic E-state index is 0.0491. The number of rotatable bonds is 4. The summed E-state index contributed by atoms with van der Waals surface area (Å²) in [6, 6.07) is 12.3. The van der Waals surface area contributed by atoms with Crippen LogP contribution in [0.1, 0.15) is 29.0 Å². The molecule has 3 aromatic rings. The molecule has 7 heteroatoms. The highest BCUT2D eigenvalue weighted by Gasteiger charge is 2.30. The van der Waals surface area contributed by atoms with Crippen molar-refractivity contribution < 1.29 is 27.5 Å². The van der Waals surface area contributed by atoms with Gasteiger partial charge in [0.1, 0.15) is 29.6 Å². The molecule has 150 valence electrons. The second kappa shape index (κ2) is 8.03. The van der Waals surface area contributed by atoms with Gasteiger partial charge in [-0.3, -0.25) is 9.59 Å². The van der Waals surface area contributed by atoms with Crippen LogP contribution in [-0.4, -0.2) is 29.9 Å². The normalized spacial score (nSPS) is 14.9. The highest BCUT2D eigenvalue weighted by Crippen LogP contribution is 2.23. The summed E-state index contributed by atoms with van der Waals surface area (Å²) in [6.45, 7) is 0.660. The van der Waals surface area contributed by atoms with E-state index in [1.54, 1.807) is 0 Å². The van der Waals surface area contributed by atoms with E-state index in [1.165, 1.54) is 4.90 Å². The summed E-state index contributed by atoms with van der Waals surface area (Å²) in [6.07, 6.45) is 0.848. The minimum atomic E-state index is -0.887. The highest BCUT2D eigenvalue weighted by molar-refractivity contribution is 5.94. The van der Waals surface area contributed by atoms with Crippen LogP contribution in [0.3, 0.4) is 0 Å². The Balaban J connectivity index is 1.30. The molecule has 0 bridgehead atoms. The number of esters is 1. The minimum Gasteiger partial charge on any atom is -0.457 e. The fourth-order valence-corrected chi connectivity index (χ4v) is 3.52. The average Bonchev–Trinajstić information content (AvgIpc) is 3.15. The van der Waals surface area contributed by atoms with E-state index in [4.69, 9.17) is 9.15 Å². The second-order valence-corrected chi connectivity index (χ2v) is 7.05. The van der Waals surface area contributed by atoms with Gasteiger partial charge in [0.2, 0.25) is 0 Å². The first-order valence-corrected chi connectivity index (χ1v) is 9.39. The van der Waals surface area contributed by atoms with E-state index < -0.39 is 17.5 Å². The molecule has 0 unspecified atom stereocenters. The Morgan fingerprint density at radius 2 is 1.83 bits per heavy atom. The monoisotopic (exact) mass is 399 g/mol. The van der Waals surface area contributed by atoms with Crippen molar-refractivity contribution in [1.82, 2.24) is 4.90 Å². The maximum Gasteiger partial charge on any atom is 0.309 e. The standard InChI is InChI=1S/C22H19F2NO4/c23-16-5-6-18(19(24)12-16)21(26)25-9-7-14(8-10-25)22(27)28-13-17-11-15-3-1-2-4-20(15)29-17/h1-6,11-12,14H,7-10,13H2. The van der Waals surface area contributed by atoms with Crippen molar-refractivity contribution in [2.24, 2.45) is 5.92 Å². The maximum absolute atomic E-state index is 13.8. The molecule has 1 aromatic heterocycles. The Labute approximate surface area is 165 Å². The Kier molecular flexibility index (Phi) is 5.29. The third-order valence-electron chi connectivity index (χ3n) is 5.11. The van der Waals surface area contributed by atoms with Gasteiger partial charge in [-0.1, -0.05) is 18.2 Å². The van der Waals surface area contributed by atoms with Crippen molar-refractivity contribution in [3.63, 3.8) is 0 Å². The fourth-order valence-electron chi connectivity index (χ4n) is 3.52. The number of benzene rings is 2. The van der Waals surface area contributed by atoms with Crippen molar-refractivity contribution >= 4 is 22.8 Å². The van der Waals surface area contributed by atoms with Crippen LogP contribution < -0.4 is 0 Å². The zero-order valence-electron chi connectivity index (χ0n) is 15.6. The molecule has 0 spiro atoms. The van der Waals surface area contributed by atoms with E-state index in [0.717, 1.165) is 23.1 Å². The number of amides is 1. The maximum atomic E-state index is 13.8. The number of nitrogens with zero attached hydrogens (tertiary/aromatic N) is 1. The first kappa shape index (κ1) is 19.1. The van der Waals surface area contributed by atoms with Gasteiger partial charge in [0.25, 0.3) is 5.91 Å². The number of piperidine rings is 1. The van der Waals surface area contributed by atoms with E-state index in [1.807, 2.05) is 30.3 Å². The molecule has 0 saturated carbocycles. The van der Waals surface area contributed by atoms with E-state index in [0.29, 0.717) is 37.8 Å². The summed E-state index contributed by atoms with van der Waals surface area (Å²) < 4.78 is 37.9. The van der Waals surface area contributed by atoms with Crippen LogP contribution in [0, 0.1) is 17.6 Å². The van der Waals surface area contributed by atoms with Gasteiger partial charge >= 0.3 is 5.97 Å². The molecular weight excluding hydrogens is 380 g/mol. The Hall–Kier alpha value is -3.22. The second-order valence-electron chi connectivity index (χ2n) is 7.05. The molecular formula is C22H19F2NO4. The van der Waals surface area contributed by atoms with Crippen LogP contribution in [0.2, 0.25) is 0 Å². The summed E-state index contributed by atoms with van der Waals surface area (Å²) in [7, 11) is 0. The topological polar surface area (TPSA) is 59.8 Å². The average molecular weight is 399 g/mol. The van der Waals surface area contributed by atoms with Crippen molar-refractivity contribution in [3.05, 3.63) is 71.5 Å². The molecule has 2 heterocycles. The van der Waals surface area contributed by atoms with Crippen LogP contribution in [0.25, 0.3) is 11.0 Å². The first-order chi connectivity index (χ1) is 14.0. The fraction of sp³-hybridized carbons (Fsp3) is 0.273. The van der Waals surface area contributed by atoms with Gasteiger partial charge in [-0.25, -0.2) is 8.78 Å². The Morgan fingerprint density at radius 1 is 1.07 bits per heavy atom. The van der Waals surface area contributed by atoms with Crippen molar-refractivity contribution in [1.29, 1.82) is 0 Å². The number of carbonyl (C=O) groups is 2. The lowest BCUT2D eigenvalue weighted by Crippen LogP contribution is -2.41. The molecule has 29 heavy (non-hydrogen) atoms. The quantitative estimate of drug-likeness (QED) is 0.614. The molecule has 0 radical (unpaired) electrons. The van der Waals surface area contributed by atoms with Gasteiger partial charge in [-0.05, 0) is 37.1 Å². The zero-order valence-corrected chi connectivity index (χ0v) is 15.6. The lowest BCUT2D eigenvalue weighted by molar-refractivity contribution is -0.151. The summed E-state index contributed by atoms with van der Waals surface area (Å²) in [5.41, 5.74) is 0.565. The summed E-state index contributed by atoms with van der Waals surface area (Å²) >= 11 is 0. The van der Waals surface area contributed by atoms with Crippen LogP contribution in [0.4, 0.5) is 8.78 Å². The predicted octanol–water partition coefficient (Wildman–Crippen LogP) is 4.31. The molecule has 5 nitrogen and oxygen atoms in total. The number of hydrogen-bond acceptors (Lipinski definition) is 4. The van der Waals surface area contributed by atoms with Gasteiger partial charge in [0.15, 0.2) is 0 Å². The molecule has 1 amide bonds. The van der Waals surface area contributed by atoms with Crippen molar-refractivity contribution in [3.8, 4) is 0 Å². The number of fused-ring (bicyclic) bond motifs is 1. The van der Waals surface area contributed by atoms with E-state index in [-0.39, 0.29) is 24.1 Å². The highest BCUT2D eigenvalue weighted by atomic mass is 19.1. The molecule has 0 N–H and O–H groups in total. The Morgan fingerprint density at radius 3 is 2.55 bits per heavy atom. The smallest absolute Gasteiger partial charge is 0.309 e. The van der Waals surface area contributed by atoms with Crippen LogP contribution in [0.15, 0.2) is 52.9 Å². The zero-order chi connectivity index (χ0) is 20.4.